The van der Waals surface area contributed by atoms with E-state index in [0.29, 0.717) is 19.6 Å². The van der Waals surface area contributed by atoms with E-state index >= 15 is 0 Å². The SMILES string of the molecule is CCOc1ccc(C(CN)CC(=O)OC)cc1. The molecule has 0 aliphatic carbocycles. The minimum atomic E-state index is -0.241. The Morgan fingerprint density at radius 1 is 1.35 bits per heavy atom. The lowest BCUT2D eigenvalue weighted by Gasteiger charge is -2.14. The maximum Gasteiger partial charge on any atom is 0.306 e. The minimum absolute atomic E-state index is 0.00173. The van der Waals surface area contributed by atoms with E-state index in [1.54, 1.807) is 0 Å². The van der Waals surface area contributed by atoms with Crippen LogP contribution in [-0.2, 0) is 9.53 Å². The first-order chi connectivity index (χ1) is 8.21. The Labute approximate surface area is 102 Å². The quantitative estimate of drug-likeness (QED) is 0.765. The van der Waals surface area contributed by atoms with Gasteiger partial charge in [-0.3, -0.25) is 4.79 Å². The standard InChI is InChI=1S/C13H19NO3/c1-3-17-12-6-4-10(5-7-12)11(9-14)8-13(15)16-2/h4-7,11H,3,8-9,14H2,1-2H3. The van der Waals surface area contributed by atoms with E-state index in [1.807, 2.05) is 31.2 Å². The summed E-state index contributed by atoms with van der Waals surface area (Å²) in [5, 5.41) is 0. The third kappa shape index (κ3) is 4.07. The molecule has 0 aliphatic heterocycles. The molecule has 0 bridgehead atoms. The molecule has 4 heteroatoms. The molecule has 1 rings (SSSR count). The minimum Gasteiger partial charge on any atom is -0.494 e. The van der Waals surface area contributed by atoms with Crippen molar-refractivity contribution in [2.24, 2.45) is 5.73 Å². The topological polar surface area (TPSA) is 61.5 Å². The van der Waals surface area contributed by atoms with Crippen LogP contribution in [-0.4, -0.2) is 26.2 Å². The molecule has 0 aromatic heterocycles. The Hall–Kier alpha value is -1.55. The molecule has 0 heterocycles. The van der Waals surface area contributed by atoms with Gasteiger partial charge in [-0.1, -0.05) is 12.1 Å². The molecule has 0 saturated carbocycles. The van der Waals surface area contributed by atoms with Gasteiger partial charge in [0.1, 0.15) is 5.75 Å². The molecule has 94 valence electrons. The third-order valence-electron chi connectivity index (χ3n) is 2.59. The third-order valence-corrected chi connectivity index (χ3v) is 2.59. The van der Waals surface area contributed by atoms with Crippen molar-refractivity contribution >= 4 is 5.97 Å². The first kappa shape index (κ1) is 13.5. The second kappa shape index (κ2) is 6.91. The zero-order valence-corrected chi connectivity index (χ0v) is 10.3. The van der Waals surface area contributed by atoms with Crippen LogP contribution in [0.3, 0.4) is 0 Å². The lowest BCUT2D eigenvalue weighted by molar-refractivity contribution is -0.141. The lowest BCUT2D eigenvalue weighted by atomic mass is 9.96. The van der Waals surface area contributed by atoms with Crippen LogP contribution in [0.5, 0.6) is 5.75 Å². The second-order valence-electron chi connectivity index (χ2n) is 3.71. The number of rotatable bonds is 6. The molecule has 4 nitrogen and oxygen atoms in total. The van der Waals surface area contributed by atoms with Crippen molar-refractivity contribution in [3.05, 3.63) is 29.8 Å². The van der Waals surface area contributed by atoms with E-state index in [1.165, 1.54) is 7.11 Å². The van der Waals surface area contributed by atoms with Gasteiger partial charge >= 0.3 is 5.97 Å². The molecule has 2 N–H and O–H groups in total. The average Bonchev–Trinajstić information content (AvgIpc) is 2.37. The fourth-order valence-electron chi connectivity index (χ4n) is 1.62. The molecule has 0 fully saturated rings. The largest absolute Gasteiger partial charge is 0.494 e. The van der Waals surface area contributed by atoms with Gasteiger partial charge in [0.05, 0.1) is 20.1 Å². The number of carbonyl (C=O) groups is 1. The number of benzene rings is 1. The van der Waals surface area contributed by atoms with Gasteiger partial charge in [0.25, 0.3) is 0 Å². The van der Waals surface area contributed by atoms with Gasteiger partial charge < -0.3 is 15.2 Å². The normalized spacial score (nSPS) is 11.9. The summed E-state index contributed by atoms with van der Waals surface area (Å²) in [5.41, 5.74) is 6.69. The summed E-state index contributed by atoms with van der Waals surface area (Å²) in [6.07, 6.45) is 0.307. The van der Waals surface area contributed by atoms with Crippen molar-refractivity contribution in [1.29, 1.82) is 0 Å². The molecule has 0 aliphatic rings. The van der Waals surface area contributed by atoms with E-state index in [2.05, 4.69) is 4.74 Å². The van der Waals surface area contributed by atoms with Crippen LogP contribution in [0.4, 0.5) is 0 Å². The summed E-state index contributed by atoms with van der Waals surface area (Å²) in [6, 6.07) is 7.65. The van der Waals surface area contributed by atoms with Crippen molar-refractivity contribution in [1.82, 2.24) is 0 Å². The van der Waals surface area contributed by atoms with E-state index in [0.717, 1.165) is 11.3 Å². The smallest absolute Gasteiger partial charge is 0.306 e. The van der Waals surface area contributed by atoms with E-state index < -0.39 is 0 Å². The fraction of sp³-hybridized carbons (Fsp3) is 0.462. The summed E-state index contributed by atoms with van der Waals surface area (Å²) < 4.78 is 10.0. The van der Waals surface area contributed by atoms with Crippen LogP contribution in [0, 0.1) is 0 Å². The first-order valence-electron chi connectivity index (χ1n) is 5.70. The molecular weight excluding hydrogens is 218 g/mol. The maximum absolute atomic E-state index is 11.2. The first-order valence-corrected chi connectivity index (χ1v) is 5.70. The summed E-state index contributed by atoms with van der Waals surface area (Å²) >= 11 is 0. The van der Waals surface area contributed by atoms with Crippen molar-refractivity contribution in [2.75, 3.05) is 20.3 Å². The zero-order valence-electron chi connectivity index (χ0n) is 10.3. The Morgan fingerprint density at radius 3 is 2.47 bits per heavy atom. The number of ether oxygens (including phenoxy) is 2. The number of esters is 1. The van der Waals surface area contributed by atoms with Crippen molar-refractivity contribution < 1.29 is 14.3 Å². The molecule has 0 spiro atoms. The summed E-state index contributed by atoms with van der Waals surface area (Å²) in [6.45, 7) is 3.00. The highest BCUT2D eigenvalue weighted by molar-refractivity contribution is 5.70. The van der Waals surface area contributed by atoms with Crippen LogP contribution < -0.4 is 10.5 Å². The van der Waals surface area contributed by atoms with Crippen LogP contribution >= 0.6 is 0 Å². The molecule has 1 aromatic carbocycles. The average molecular weight is 237 g/mol. The molecular formula is C13H19NO3. The number of hydrogen-bond donors (Lipinski definition) is 1. The monoisotopic (exact) mass is 237 g/mol. The highest BCUT2D eigenvalue weighted by atomic mass is 16.5. The van der Waals surface area contributed by atoms with E-state index in [-0.39, 0.29) is 11.9 Å². The number of methoxy groups -OCH3 is 1. The predicted octanol–water partition coefficient (Wildman–Crippen LogP) is 1.69. The highest BCUT2D eigenvalue weighted by Gasteiger charge is 2.14. The Bertz CT molecular complexity index is 348. The highest BCUT2D eigenvalue weighted by Crippen LogP contribution is 2.22. The molecule has 0 amide bonds. The van der Waals surface area contributed by atoms with Crippen molar-refractivity contribution in [3.63, 3.8) is 0 Å². The van der Waals surface area contributed by atoms with E-state index in [4.69, 9.17) is 10.5 Å². The number of hydrogen-bond acceptors (Lipinski definition) is 4. The van der Waals surface area contributed by atoms with Gasteiger partial charge in [-0.25, -0.2) is 0 Å². The molecule has 0 saturated heterocycles. The van der Waals surface area contributed by atoms with Gasteiger partial charge in [0.2, 0.25) is 0 Å². The zero-order chi connectivity index (χ0) is 12.7. The molecule has 0 radical (unpaired) electrons. The van der Waals surface area contributed by atoms with Crippen LogP contribution in [0.15, 0.2) is 24.3 Å². The van der Waals surface area contributed by atoms with Gasteiger partial charge in [0.15, 0.2) is 0 Å². The Morgan fingerprint density at radius 2 is 2.00 bits per heavy atom. The van der Waals surface area contributed by atoms with Gasteiger partial charge in [-0.15, -0.1) is 0 Å². The molecule has 1 unspecified atom stereocenters. The van der Waals surface area contributed by atoms with Gasteiger partial charge in [0, 0.05) is 5.92 Å². The summed E-state index contributed by atoms with van der Waals surface area (Å²) in [7, 11) is 1.38. The number of nitrogens with two attached hydrogens (primary N) is 1. The second-order valence-corrected chi connectivity index (χ2v) is 3.71. The van der Waals surface area contributed by atoms with Crippen LogP contribution in [0.2, 0.25) is 0 Å². The van der Waals surface area contributed by atoms with Crippen LogP contribution in [0.1, 0.15) is 24.8 Å². The maximum atomic E-state index is 11.2. The summed E-state index contributed by atoms with van der Waals surface area (Å²) in [5.74, 6) is 0.581. The van der Waals surface area contributed by atoms with Crippen LogP contribution in [0.25, 0.3) is 0 Å². The molecule has 1 aromatic rings. The number of carbonyl (C=O) groups excluding carboxylic acids is 1. The predicted molar refractivity (Wildman–Crippen MR) is 66.0 cm³/mol. The summed E-state index contributed by atoms with van der Waals surface area (Å²) in [4.78, 5) is 11.2. The van der Waals surface area contributed by atoms with Gasteiger partial charge in [-0.05, 0) is 31.2 Å². The lowest BCUT2D eigenvalue weighted by Crippen LogP contribution is -2.17. The molecule has 1 atom stereocenters. The van der Waals surface area contributed by atoms with Crippen molar-refractivity contribution in [3.8, 4) is 5.75 Å². The molecule has 17 heavy (non-hydrogen) atoms. The van der Waals surface area contributed by atoms with Gasteiger partial charge in [-0.2, -0.15) is 0 Å². The Balaban J connectivity index is 2.71. The van der Waals surface area contributed by atoms with E-state index in [9.17, 15) is 4.79 Å². The fourth-order valence-corrected chi connectivity index (χ4v) is 1.62. The van der Waals surface area contributed by atoms with Crippen molar-refractivity contribution in [2.45, 2.75) is 19.3 Å². The Kier molecular flexibility index (Phi) is 5.49.